The second kappa shape index (κ2) is 5.56. The number of aliphatic hydroxyl groups excluding tert-OH is 2. The van der Waals surface area contributed by atoms with E-state index in [-0.39, 0.29) is 11.1 Å². The van der Waals surface area contributed by atoms with E-state index in [1.807, 2.05) is 0 Å². The van der Waals surface area contributed by atoms with Crippen LogP contribution in [-0.4, -0.2) is 38.5 Å². The van der Waals surface area contributed by atoms with Crippen LogP contribution in [0.15, 0.2) is 18.2 Å². The van der Waals surface area contributed by atoms with Crippen LogP contribution in [0.25, 0.3) is 0 Å². The van der Waals surface area contributed by atoms with Crippen molar-refractivity contribution in [2.45, 2.75) is 18.6 Å². The number of hydrogen-bond acceptors (Lipinski definition) is 4. The maximum Gasteiger partial charge on any atom is 0.335 e. The Bertz CT molecular complexity index is 473. The van der Waals surface area contributed by atoms with E-state index in [9.17, 15) is 24.2 Å². The van der Waals surface area contributed by atoms with Crippen LogP contribution < -0.4 is 0 Å². The number of benzene rings is 1. The highest BCUT2D eigenvalue weighted by molar-refractivity contribution is 5.74. The van der Waals surface area contributed by atoms with E-state index >= 15 is 0 Å². The predicted octanol–water partition coefficient (Wildman–Crippen LogP) is -0.0683. The van der Waals surface area contributed by atoms with Gasteiger partial charge in [-0.1, -0.05) is 6.07 Å². The molecule has 0 saturated heterocycles. The van der Waals surface area contributed by atoms with E-state index in [0.717, 1.165) is 18.2 Å². The molecule has 2 unspecified atom stereocenters. The van der Waals surface area contributed by atoms with E-state index in [2.05, 4.69) is 0 Å². The number of carboxylic acid groups (broad SMARTS) is 2. The first kappa shape index (κ1) is 14.1. The van der Waals surface area contributed by atoms with Gasteiger partial charge in [0.05, 0.1) is 6.42 Å². The molecule has 6 nitrogen and oxygen atoms in total. The summed E-state index contributed by atoms with van der Waals surface area (Å²) in [6.07, 6.45) is -4.52. The van der Waals surface area contributed by atoms with Gasteiger partial charge in [-0.05, 0) is 23.3 Å². The summed E-state index contributed by atoms with van der Waals surface area (Å²) in [5.41, 5.74) is -0.219. The Morgan fingerprint density at radius 2 is 1.83 bits per heavy atom. The highest BCUT2D eigenvalue weighted by Crippen LogP contribution is 2.23. The second-order valence-corrected chi connectivity index (χ2v) is 3.64. The zero-order valence-corrected chi connectivity index (χ0v) is 9.08. The number of rotatable bonds is 5. The zero-order valence-electron chi connectivity index (χ0n) is 9.08. The van der Waals surface area contributed by atoms with Gasteiger partial charge in [0, 0.05) is 0 Å². The van der Waals surface area contributed by atoms with E-state index in [0.29, 0.717) is 0 Å². The Kier molecular flexibility index (Phi) is 4.35. The lowest BCUT2D eigenvalue weighted by Crippen LogP contribution is -2.28. The summed E-state index contributed by atoms with van der Waals surface area (Å²) in [5, 5.41) is 36.0. The molecule has 0 saturated carbocycles. The largest absolute Gasteiger partial charge is 0.481 e. The first-order valence-electron chi connectivity index (χ1n) is 4.92. The minimum Gasteiger partial charge on any atom is -0.481 e. The summed E-state index contributed by atoms with van der Waals surface area (Å²) in [4.78, 5) is 21.1. The number of aliphatic carboxylic acids is 2. The van der Waals surface area contributed by atoms with Crippen LogP contribution in [0, 0.1) is 5.82 Å². The molecular weight excluding hydrogens is 247 g/mol. The van der Waals surface area contributed by atoms with Gasteiger partial charge in [0.2, 0.25) is 0 Å². The van der Waals surface area contributed by atoms with Gasteiger partial charge in [0.15, 0.2) is 6.10 Å². The maximum atomic E-state index is 13.0. The molecule has 4 N–H and O–H groups in total. The van der Waals surface area contributed by atoms with Crippen molar-refractivity contribution in [2.75, 3.05) is 0 Å². The molecule has 0 aliphatic rings. The fourth-order valence-electron chi connectivity index (χ4n) is 1.48. The lowest BCUT2D eigenvalue weighted by atomic mass is 9.96. The lowest BCUT2D eigenvalue weighted by molar-refractivity contribution is -0.153. The van der Waals surface area contributed by atoms with Crippen molar-refractivity contribution in [1.29, 1.82) is 0 Å². The first-order valence-corrected chi connectivity index (χ1v) is 4.92. The van der Waals surface area contributed by atoms with Crippen molar-refractivity contribution < 1.29 is 34.4 Å². The fourth-order valence-corrected chi connectivity index (χ4v) is 1.48. The maximum absolute atomic E-state index is 13.0. The molecule has 0 aliphatic heterocycles. The number of carboxylic acids is 2. The van der Waals surface area contributed by atoms with Crippen LogP contribution >= 0.6 is 0 Å². The summed E-state index contributed by atoms with van der Waals surface area (Å²) in [6, 6.07) is 2.87. The molecular formula is C11H11FO6. The second-order valence-electron chi connectivity index (χ2n) is 3.64. The van der Waals surface area contributed by atoms with Crippen molar-refractivity contribution in [1.82, 2.24) is 0 Å². The fraction of sp³-hybridized carbons (Fsp3) is 0.273. The highest BCUT2D eigenvalue weighted by Gasteiger charge is 2.27. The summed E-state index contributed by atoms with van der Waals surface area (Å²) >= 11 is 0. The van der Waals surface area contributed by atoms with Crippen LogP contribution in [0.3, 0.4) is 0 Å². The first-order chi connectivity index (χ1) is 8.32. The minimum atomic E-state index is -2.11. The molecule has 1 aromatic rings. The van der Waals surface area contributed by atoms with Gasteiger partial charge in [-0.25, -0.2) is 9.18 Å². The molecule has 0 radical (unpaired) electrons. The number of aliphatic hydroxyl groups is 2. The SMILES string of the molecule is O=C(O)Cc1cc(F)ccc1C(O)C(O)C(=O)O. The Hall–Kier alpha value is -1.99. The molecule has 1 aromatic carbocycles. The molecule has 18 heavy (non-hydrogen) atoms. The van der Waals surface area contributed by atoms with Crippen molar-refractivity contribution in [3.8, 4) is 0 Å². The summed E-state index contributed by atoms with van der Waals surface area (Å²) in [7, 11) is 0. The van der Waals surface area contributed by atoms with Crippen molar-refractivity contribution in [3.05, 3.63) is 35.1 Å². The van der Waals surface area contributed by atoms with Crippen molar-refractivity contribution in [2.24, 2.45) is 0 Å². The van der Waals surface area contributed by atoms with E-state index < -0.39 is 36.4 Å². The summed E-state index contributed by atoms with van der Waals surface area (Å²) in [6.45, 7) is 0. The molecule has 1 rings (SSSR count). The van der Waals surface area contributed by atoms with Crippen molar-refractivity contribution in [3.63, 3.8) is 0 Å². The van der Waals surface area contributed by atoms with Gasteiger partial charge in [-0.3, -0.25) is 4.79 Å². The zero-order chi connectivity index (χ0) is 13.9. The van der Waals surface area contributed by atoms with E-state index in [4.69, 9.17) is 10.2 Å². The Labute approximate surface area is 101 Å². The molecule has 0 heterocycles. The average Bonchev–Trinajstić information content (AvgIpc) is 2.26. The van der Waals surface area contributed by atoms with Crippen LogP contribution in [0.4, 0.5) is 4.39 Å². The van der Waals surface area contributed by atoms with Crippen molar-refractivity contribution >= 4 is 11.9 Å². The van der Waals surface area contributed by atoms with Gasteiger partial charge in [0.25, 0.3) is 0 Å². The van der Waals surface area contributed by atoms with Gasteiger partial charge in [-0.2, -0.15) is 0 Å². The lowest BCUT2D eigenvalue weighted by Gasteiger charge is -2.17. The monoisotopic (exact) mass is 258 g/mol. The Morgan fingerprint density at radius 3 is 2.33 bits per heavy atom. The Morgan fingerprint density at radius 1 is 1.22 bits per heavy atom. The van der Waals surface area contributed by atoms with Gasteiger partial charge in [-0.15, -0.1) is 0 Å². The third-order valence-corrected chi connectivity index (χ3v) is 2.32. The minimum absolute atomic E-state index is 0.0877. The summed E-state index contributed by atoms with van der Waals surface area (Å²) < 4.78 is 13.0. The number of carbonyl (C=O) groups is 2. The number of hydrogen-bond donors (Lipinski definition) is 4. The molecule has 0 bridgehead atoms. The average molecular weight is 258 g/mol. The van der Waals surface area contributed by atoms with E-state index in [1.54, 1.807) is 0 Å². The third kappa shape index (κ3) is 3.25. The van der Waals surface area contributed by atoms with Gasteiger partial charge >= 0.3 is 11.9 Å². The van der Waals surface area contributed by atoms with Crippen LogP contribution in [0.2, 0.25) is 0 Å². The number of halogens is 1. The normalized spacial score (nSPS) is 13.9. The van der Waals surface area contributed by atoms with Crippen LogP contribution in [0.1, 0.15) is 17.2 Å². The van der Waals surface area contributed by atoms with Crippen LogP contribution in [0.5, 0.6) is 0 Å². The molecule has 0 spiro atoms. The quantitative estimate of drug-likeness (QED) is 0.587. The smallest absolute Gasteiger partial charge is 0.335 e. The molecule has 0 aliphatic carbocycles. The standard InChI is InChI=1S/C11H11FO6/c12-6-1-2-7(5(3-6)4-8(13)14)9(15)10(16)11(17)18/h1-3,9-10,15-16H,4H2,(H,13,14)(H,17,18). The topological polar surface area (TPSA) is 115 Å². The highest BCUT2D eigenvalue weighted by atomic mass is 19.1. The molecule has 0 aromatic heterocycles. The molecule has 0 fully saturated rings. The summed E-state index contributed by atoms with van der Waals surface area (Å²) in [5.74, 6) is -3.64. The predicted molar refractivity (Wildman–Crippen MR) is 56.3 cm³/mol. The van der Waals surface area contributed by atoms with Crippen LogP contribution in [-0.2, 0) is 16.0 Å². The van der Waals surface area contributed by atoms with E-state index in [1.165, 1.54) is 0 Å². The third-order valence-electron chi connectivity index (χ3n) is 2.32. The molecule has 98 valence electrons. The molecule has 0 amide bonds. The Balaban J connectivity index is 3.14. The van der Waals surface area contributed by atoms with Gasteiger partial charge < -0.3 is 20.4 Å². The molecule has 2 atom stereocenters. The molecule has 7 heteroatoms. The van der Waals surface area contributed by atoms with Gasteiger partial charge in [0.1, 0.15) is 11.9 Å².